The number of carbonyl (C=O) groups is 1. The molecule has 1 fully saturated rings. The van der Waals surface area contributed by atoms with Gasteiger partial charge in [-0.25, -0.2) is 0 Å². The van der Waals surface area contributed by atoms with Crippen molar-refractivity contribution in [2.24, 2.45) is 0 Å². The number of hydrogen-bond donors (Lipinski definition) is 2. The van der Waals surface area contributed by atoms with Crippen LogP contribution in [0.15, 0.2) is 95.4 Å². The van der Waals surface area contributed by atoms with E-state index in [-0.39, 0.29) is 5.91 Å². The van der Waals surface area contributed by atoms with Crippen molar-refractivity contribution in [3.05, 3.63) is 102 Å². The summed E-state index contributed by atoms with van der Waals surface area (Å²) in [6, 6.07) is 29.9. The first kappa shape index (κ1) is 21.6. The van der Waals surface area contributed by atoms with Crippen LogP contribution < -0.4 is 10.6 Å². The van der Waals surface area contributed by atoms with Crippen LogP contribution in [0.5, 0.6) is 0 Å². The number of amides is 1. The fourth-order valence-corrected chi connectivity index (χ4v) is 4.92. The summed E-state index contributed by atoms with van der Waals surface area (Å²) in [5.41, 5.74) is 4.37. The second-order valence-corrected chi connectivity index (χ2v) is 8.99. The highest BCUT2D eigenvalue weighted by Gasteiger charge is 2.17. The minimum Gasteiger partial charge on any atom is -0.456 e. The van der Waals surface area contributed by atoms with Crippen molar-refractivity contribution in [1.82, 2.24) is 10.2 Å². The van der Waals surface area contributed by atoms with Gasteiger partial charge in [0.15, 0.2) is 0 Å². The van der Waals surface area contributed by atoms with E-state index in [1.54, 1.807) is 0 Å². The number of hydrogen-bond acceptors (Lipinski definition) is 4. The summed E-state index contributed by atoms with van der Waals surface area (Å²) in [5, 5.41) is 9.64. The Kier molecular flexibility index (Phi) is 5.78. The number of para-hydroxylation sites is 1. The highest BCUT2D eigenvalue weighted by Crippen LogP contribution is 2.35. The minimum atomic E-state index is -0.134. The Labute approximate surface area is 204 Å². The van der Waals surface area contributed by atoms with Gasteiger partial charge in [-0.1, -0.05) is 60.7 Å². The van der Waals surface area contributed by atoms with Crippen LogP contribution in [0.1, 0.15) is 15.9 Å². The van der Waals surface area contributed by atoms with Crippen molar-refractivity contribution in [1.29, 1.82) is 0 Å². The minimum absolute atomic E-state index is 0.134. The molecule has 1 aliphatic heterocycles. The Balaban J connectivity index is 1.33. The predicted molar refractivity (Wildman–Crippen MR) is 142 cm³/mol. The molecule has 0 radical (unpaired) electrons. The number of piperazine rings is 1. The normalized spacial score (nSPS) is 14.4. The SMILES string of the molecule is O=C(Nc1ccccc1-c1cc2c(CN3CCNCC3)cccc2o1)c1cccc2ccccc12. The molecule has 2 N–H and O–H groups in total. The number of benzene rings is 4. The summed E-state index contributed by atoms with van der Waals surface area (Å²) in [7, 11) is 0. The van der Waals surface area contributed by atoms with E-state index in [4.69, 9.17) is 4.42 Å². The van der Waals surface area contributed by atoms with Crippen molar-refractivity contribution in [2.45, 2.75) is 6.54 Å². The maximum absolute atomic E-state index is 13.3. The van der Waals surface area contributed by atoms with Crippen molar-refractivity contribution < 1.29 is 9.21 Å². The van der Waals surface area contributed by atoms with E-state index in [1.165, 1.54) is 5.56 Å². The maximum atomic E-state index is 13.3. The lowest BCUT2D eigenvalue weighted by Crippen LogP contribution is -2.42. The van der Waals surface area contributed by atoms with Crippen LogP contribution in [0.4, 0.5) is 5.69 Å². The second-order valence-electron chi connectivity index (χ2n) is 8.99. The molecule has 0 spiro atoms. The van der Waals surface area contributed by atoms with Crippen LogP contribution >= 0.6 is 0 Å². The molecular formula is C30H27N3O2. The van der Waals surface area contributed by atoms with E-state index in [9.17, 15) is 4.79 Å². The van der Waals surface area contributed by atoms with Crippen molar-refractivity contribution in [3.63, 3.8) is 0 Å². The van der Waals surface area contributed by atoms with Crippen molar-refractivity contribution in [3.8, 4) is 11.3 Å². The average molecular weight is 462 g/mol. The van der Waals surface area contributed by atoms with Gasteiger partial charge in [-0.3, -0.25) is 9.69 Å². The quantitative estimate of drug-likeness (QED) is 0.342. The first-order valence-corrected chi connectivity index (χ1v) is 12.1. The van der Waals surface area contributed by atoms with E-state index in [2.05, 4.69) is 33.7 Å². The molecule has 174 valence electrons. The molecule has 0 bridgehead atoms. The molecule has 1 aromatic heterocycles. The summed E-state index contributed by atoms with van der Waals surface area (Å²) in [4.78, 5) is 15.8. The highest BCUT2D eigenvalue weighted by atomic mass is 16.3. The van der Waals surface area contributed by atoms with Crippen molar-refractivity contribution >= 4 is 33.3 Å². The summed E-state index contributed by atoms with van der Waals surface area (Å²) >= 11 is 0. The molecule has 4 aromatic carbocycles. The Hall–Kier alpha value is -3.93. The zero-order chi connectivity index (χ0) is 23.6. The fourth-order valence-electron chi connectivity index (χ4n) is 4.92. The number of nitrogens with one attached hydrogen (secondary N) is 2. The second kappa shape index (κ2) is 9.37. The van der Waals surface area contributed by atoms with Gasteiger partial charge in [0, 0.05) is 49.2 Å². The lowest BCUT2D eigenvalue weighted by molar-refractivity contribution is 0.102. The molecule has 5 heteroatoms. The van der Waals surface area contributed by atoms with Gasteiger partial charge >= 0.3 is 0 Å². The monoisotopic (exact) mass is 461 g/mol. The molecule has 6 rings (SSSR count). The molecule has 0 saturated carbocycles. The zero-order valence-corrected chi connectivity index (χ0v) is 19.5. The van der Waals surface area contributed by atoms with E-state index < -0.39 is 0 Å². The summed E-state index contributed by atoms with van der Waals surface area (Å²) in [6.07, 6.45) is 0. The van der Waals surface area contributed by atoms with Crippen LogP contribution in [0, 0.1) is 0 Å². The summed E-state index contributed by atoms with van der Waals surface area (Å²) < 4.78 is 6.30. The van der Waals surface area contributed by atoms with Crippen LogP contribution in [0.25, 0.3) is 33.1 Å². The van der Waals surface area contributed by atoms with Crippen molar-refractivity contribution in [2.75, 3.05) is 31.5 Å². The lowest BCUT2D eigenvalue weighted by Gasteiger charge is -2.27. The molecule has 1 aliphatic rings. The standard InChI is InChI=1S/C30H27N3O2/c34-30(24-12-5-8-21-7-1-2-10-23(21)24)32-27-13-4-3-11-25(27)29-19-26-22(9-6-14-28(26)35-29)20-33-17-15-31-16-18-33/h1-14,19,31H,15-18,20H2,(H,32,34). The molecule has 1 amide bonds. The van der Waals surface area contributed by atoms with Crippen LogP contribution in [-0.4, -0.2) is 37.0 Å². The third kappa shape index (κ3) is 4.32. The molecule has 0 unspecified atom stereocenters. The molecule has 0 aliphatic carbocycles. The Morgan fingerprint density at radius 3 is 2.54 bits per heavy atom. The van der Waals surface area contributed by atoms with E-state index in [0.29, 0.717) is 5.56 Å². The maximum Gasteiger partial charge on any atom is 0.256 e. The van der Waals surface area contributed by atoms with Crippen LogP contribution in [0.2, 0.25) is 0 Å². The van der Waals surface area contributed by atoms with Gasteiger partial charge in [0.2, 0.25) is 0 Å². The van der Waals surface area contributed by atoms with Gasteiger partial charge in [-0.15, -0.1) is 0 Å². The molecule has 5 aromatic rings. The third-order valence-corrected chi connectivity index (χ3v) is 6.73. The summed E-state index contributed by atoms with van der Waals surface area (Å²) in [5.74, 6) is 0.617. The third-order valence-electron chi connectivity index (χ3n) is 6.73. The van der Waals surface area contributed by atoms with Gasteiger partial charge in [0.05, 0.1) is 5.69 Å². The van der Waals surface area contributed by atoms with Gasteiger partial charge < -0.3 is 15.1 Å². The zero-order valence-electron chi connectivity index (χ0n) is 19.5. The highest BCUT2D eigenvalue weighted by molar-refractivity contribution is 6.14. The molecule has 1 saturated heterocycles. The molecule has 2 heterocycles. The topological polar surface area (TPSA) is 57.5 Å². The fraction of sp³-hybridized carbons (Fsp3) is 0.167. The number of carbonyl (C=O) groups excluding carboxylic acids is 1. The number of anilines is 1. The number of nitrogens with zero attached hydrogens (tertiary/aromatic N) is 1. The first-order valence-electron chi connectivity index (χ1n) is 12.1. The number of rotatable bonds is 5. The predicted octanol–water partition coefficient (Wildman–Crippen LogP) is 5.91. The summed E-state index contributed by atoms with van der Waals surface area (Å²) in [6.45, 7) is 5.04. The number of fused-ring (bicyclic) bond motifs is 2. The smallest absolute Gasteiger partial charge is 0.256 e. The van der Waals surface area contributed by atoms with E-state index in [1.807, 2.05) is 72.8 Å². The Morgan fingerprint density at radius 1 is 0.857 bits per heavy atom. The molecule has 35 heavy (non-hydrogen) atoms. The first-order chi connectivity index (χ1) is 17.3. The van der Waals surface area contributed by atoms with Crippen LogP contribution in [-0.2, 0) is 6.54 Å². The molecular weight excluding hydrogens is 434 g/mol. The van der Waals surface area contributed by atoms with Gasteiger partial charge in [0.25, 0.3) is 5.91 Å². The van der Waals surface area contributed by atoms with E-state index in [0.717, 1.165) is 71.5 Å². The Bertz CT molecular complexity index is 1510. The molecule has 5 nitrogen and oxygen atoms in total. The van der Waals surface area contributed by atoms with Gasteiger partial charge in [-0.2, -0.15) is 0 Å². The van der Waals surface area contributed by atoms with Gasteiger partial charge in [0.1, 0.15) is 11.3 Å². The van der Waals surface area contributed by atoms with Gasteiger partial charge in [-0.05, 0) is 46.7 Å². The lowest BCUT2D eigenvalue weighted by atomic mass is 10.0. The number of furan rings is 1. The van der Waals surface area contributed by atoms with E-state index >= 15 is 0 Å². The largest absolute Gasteiger partial charge is 0.456 e. The average Bonchev–Trinajstić information content (AvgIpc) is 3.34. The molecule has 0 atom stereocenters. The Morgan fingerprint density at radius 2 is 1.63 bits per heavy atom. The van der Waals surface area contributed by atoms with Crippen LogP contribution in [0.3, 0.4) is 0 Å².